The summed E-state index contributed by atoms with van der Waals surface area (Å²) < 4.78 is 32.4. The zero-order valence-electron chi connectivity index (χ0n) is 11.5. The summed E-state index contributed by atoms with van der Waals surface area (Å²) in [6, 6.07) is 8.33. The first kappa shape index (κ1) is 14.7. The van der Waals surface area contributed by atoms with Crippen LogP contribution in [0.25, 0.3) is 11.1 Å². The molecule has 5 heteroatoms. The zero-order chi connectivity index (χ0) is 15.1. The molecule has 20 heavy (non-hydrogen) atoms. The minimum Gasteiger partial charge on any atom is -0.294 e. The topological polar surface area (TPSA) is 71.4 Å². The Kier molecular flexibility index (Phi) is 3.67. The van der Waals surface area contributed by atoms with Crippen molar-refractivity contribution in [3.05, 3.63) is 41.5 Å². The average molecular weight is 292 g/mol. The van der Waals surface area contributed by atoms with E-state index in [9.17, 15) is 17.8 Å². The molecule has 0 atom stereocenters. The number of hydrogen-bond donors (Lipinski definition) is 1. The third-order valence-electron chi connectivity index (χ3n) is 3.31. The predicted octanol–water partition coefficient (Wildman–Crippen LogP) is 3.36. The number of rotatable bonds is 3. The van der Waals surface area contributed by atoms with Crippen LogP contribution in [0.3, 0.4) is 0 Å². The molecule has 0 spiro atoms. The molecule has 0 saturated carbocycles. The van der Waals surface area contributed by atoms with Gasteiger partial charge >= 0.3 is 0 Å². The SMILES string of the molecule is CC(=O)c1cc(S(=O)(=O)O)c2cc(C(C)C)cccc1-2. The average Bonchev–Trinajstić information content (AvgIpc) is 2.53. The van der Waals surface area contributed by atoms with E-state index in [-0.39, 0.29) is 16.6 Å². The van der Waals surface area contributed by atoms with E-state index in [0.717, 1.165) is 5.56 Å². The number of carbonyl (C=O) groups is 1. The van der Waals surface area contributed by atoms with E-state index in [0.29, 0.717) is 16.7 Å². The van der Waals surface area contributed by atoms with Gasteiger partial charge in [-0.15, -0.1) is 0 Å². The molecule has 4 nitrogen and oxygen atoms in total. The lowest BCUT2D eigenvalue weighted by Crippen LogP contribution is -1.97. The molecule has 0 amide bonds. The van der Waals surface area contributed by atoms with Gasteiger partial charge in [-0.25, -0.2) is 0 Å². The number of hydrogen-bond acceptors (Lipinski definition) is 3. The molecule has 0 aromatic rings. The van der Waals surface area contributed by atoms with Gasteiger partial charge in [-0.2, -0.15) is 8.42 Å². The maximum atomic E-state index is 11.6. The van der Waals surface area contributed by atoms with Crippen LogP contribution in [0.2, 0.25) is 0 Å². The fourth-order valence-corrected chi connectivity index (χ4v) is 2.94. The highest BCUT2D eigenvalue weighted by Gasteiger charge is 2.25. The number of fused-ring (bicyclic) bond motifs is 1. The van der Waals surface area contributed by atoms with Gasteiger partial charge in [0.2, 0.25) is 0 Å². The van der Waals surface area contributed by atoms with Gasteiger partial charge in [0.05, 0.1) is 0 Å². The van der Waals surface area contributed by atoms with Crippen molar-refractivity contribution in [1.29, 1.82) is 0 Å². The monoisotopic (exact) mass is 292 g/mol. The van der Waals surface area contributed by atoms with E-state index in [1.165, 1.54) is 13.0 Å². The van der Waals surface area contributed by atoms with E-state index >= 15 is 0 Å². The molecule has 0 saturated heterocycles. The van der Waals surface area contributed by atoms with Crippen LogP contribution >= 0.6 is 0 Å². The van der Waals surface area contributed by atoms with Crippen LogP contribution in [-0.4, -0.2) is 18.8 Å². The summed E-state index contributed by atoms with van der Waals surface area (Å²) in [4.78, 5) is 11.4. The molecule has 0 heterocycles. The van der Waals surface area contributed by atoms with Crippen molar-refractivity contribution in [2.24, 2.45) is 0 Å². The van der Waals surface area contributed by atoms with Crippen molar-refractivity contribution in [2.45, 2.75) is 31.6 Å². The molecule has 0 unspecified atom stereocenters. The van der Waals surface area contributed by atoms with Crippen LogP contribution in [0.1, 0.15) is 42.6 Å². The summed E-state index contributed by atoms with van der Waals surface area (Å²) in [7, 11) is -4.37. The fourth-order valence-electron chi connectivity index (χ4n) is 2.23. The molecular formula is C15H16O4S. The second kappa shape index (κ2) is 5.00. The molecule has 2 aliphatic rings. The first-order valence-electron chi connectivity index (χ1n) is 6.27. The Balaban J connectivity index is 2.87. The molecular weight excluding hydrogens is 276 g/mol. The van der Waals surface area contributed by atoms with E-state index in [4.69, 9.17) is 0 Å². The molecule has 0 aromatic heterocycles. The molecule has 2 aliphatic carbocycles. The van der Waals surface area contributed by atoms with Crippen LogP contribution in [0.5, 0.6) is 0 Å². The van der Waals surface area contributed by atoms with Gasteiger partial charge in [-0.05, 0) is 36.1 Å². The Labute approximate surface area is 118 Å². The molecule has 2 rings (SSSR count). The second-order valence-electron chi connectivity index (χ2n) is 5.11. The minimum atomic E-state index is -4.37. The predicted molar refractivity (Wildman–Crippen MR) is 77.0 cm³/mol. The standard InChI is InChI=1S/C15H16O4S/c1-9(2)11-5-4-6-12-13(10(3)16)8-15(14(12)7-11)20(17,18)19/h4-9H,1-3H3,(H,17,18,19). The van der Waals surface area contributed by atoms with Crippen molar-refractivity contribution in [1.82, 2.24) is 0 Å². The minimum absolute atomic E-state index is 0.204. The quantitative estimate of drug-likeness (QED) is 0.695. The third kappa shape index (κ3) is 2.59. The van der Waals surface area contributed by atoms with Gasteiger partial charge in [0, 0.05) is 11.1 Å². The molecule has 0 fully saturated rings. The van der Waals surface area contributed by atoms with Crippen molar-refractivity contribution >= 4 is 15.9 Å². The second-order valence-corrected chi connectivity index (χ2v) is 6.50. The summed E-state index contributed by atoms with van der Waals surface area (Å²) in [6.45, 7) is 5.35. The van der Waals surface area contributed by atoms with Crippen LogP contribution < -0.4 is 0 Å². The van der Waals surface area contributed by atoms with E-state index < -0.39 is 10.1 Å². The Bertz CT molecular complexity index is 745. The van der Waals surface area contributed by atoms with Crippen molar-refractivity contribution in [2.75, 3.05) is 0 Å². The first-order valence-corrected chi connectivity index (χ1v) is 7.71. The summed E-state index contributed by atoms with van der Waals surface area (Å²) in [5.41, 5.74) is 2.16. The van der Waals surface area contributed by atoms with E-state index in [1.807, 2.05) is 19.9 Å². The van der Waals surface area contributed by atoms with Crippen LogP contribution in [-0.2, 0) is 10.1 Å². The van der Waals surface area contributed by atoms with Crippen molar-refractivity contribution < 1.29 is 17.8 Å². The normalized spacial score (nSPS) is 12.1. The Morgan fingerprint density at radius 2 is 1.80 bits per heavy atom. The third-order valence-corrected chi connectivity index (χ3v) is 4.20. The molecule has 0 aliphatic heterocycles. The largest absolute Gasteiger partial charge is 0.295 e. The fraction of sp³-hybridized carbons (Fsp3) is 0.267. The van der Waals surface area contributed by atoms with Gasteiger partial charge in [-0.1, -0.05) is 32.0 Å². The van der Waals surface area contributed by atoms with Crippen LogP contribution in [0.4, 0.5) is 0 Å². The molecule has 0 radical (unpaired) electrons. The van der Waals surface area contributed by atoms with Crippen molar-refractivity contribution in [3.8, 4) is 11.1 Å². The lowest BCUT2D eigenvalue weighted by molar-refractivity contribution is 0.101. The maximum Gasteiger partial charge on any atom is 0.295 e. The Morgan fingerprint density at radius 1 is 1.15 bits per heavy atom. The Morgan fingerprint density at radius 3 is 2.30 bits per heavy atom. The van der Waals surface area contributed by atoms with E-state index in [1.54, 1.807) is 18.2 Å². The highest BCUT2D eigenvalue weighted by molar-refractivity contribution is 7.86. The summed E-state index contributed by atoms with van der Waals surface area (Å²) in [5.74, 6) is -0.0299. The molecule has 1 N–H and O–H groups in total. The zero-order valence-corrected chi connectivity index (χ0v) is 12.4. The summed E-state index contributed by atoms with van der Waals surface area (Å²) in [6.07, 6.45) is 0. The first-order chi connectivity index (χ1) is 9.21. The molecule has 0 aromatic carbocycles. The van der Waals surface area contributed by atoms with Gasteiger partial charge in [0.15, 0.2) is 5.78 Å². The van der Waals surface area contributed by atoms with Crippen LogP contribution in [0, 0.1) is 0 Å². The van der Waals surface area contributed by atoms with E-state index in [2.05, 4.69) is 0 Å². The van der Waals surface area contributed by atoms with Gasteiger partial charge in [-0.3, -0.25) is 9.35 Å². The summed E-state index contributed by atoms with van der Waals surface area (Å²) in [5, 5.41) is 0. The van der Waals surface area contributed by atoms with Gasteiger partial charge in [0.1, 0.15) is 4.90 Å². The maximum absolute atomic E-state index is 11.6. The lowest BCUT2D eigenvalue weighted by atomic mass is 10.0. The smallest absolute Gasteiger partial charge is 0.294 e. The van der Waals surface area contributed by atoms with Crippen molar-refractivity contribution in [3.63, 3.8) is 0 Å². The molecule has 0 bridgehead atoms. The van der Waals surface area contributed by atoms with Gasteiger partial charge < -0.3 is 0 Å². The highest BCUT2D eigenvalue weighted by atomic mass is 32.2. The lowest BCUT2D eigenvalue weighted by Gasteiger charge is -2.04. The summed E-state index contributed by atoms with van der Waals surface area (Å²) >= 11 is 0. The number of Topliss-reactive ketones (excluding diaryl/α,β-unsaturated/α-hetero) is 1. The van der Waals surface area contributed by atoms with Gasteiger partial charge in [0.25, 0.3) is 10.1 Å². The molecule has 106 valence electrons. The Hall–Kier alpha value is -1.72. The highest BCUT2D eigenvalue weighted by Crippen LogP contribution is 2.36. The van der Waals surface area contributed by atoms with Crippen LogP contribution in [0.15, 0.2) is 35.2 Å². The number of ketones is 1. The number of carbonyl (C=O) groups excluding carboxylic acids is 1.